The van der Waals surface area contributed by atoms with E-state index in [0.717, 1.165) is 58.5 Å². The Morgan fingerprint density at radius 2 is 2.44 bits per heavy atom. The molecule has 0 aromatic rings. The first-order chi connectivity index (χ1) is 7.78. The highest BCUT2D eigenvalue weighted by Gasteiger charge is 2.42. The summed E-state index contributed by atoms with van der Waals surface area (Å²) in [7, 11) is 1.81. The van der Waals surface area contributed by atoms with Crippen LogP contribution in [0.4, 0.5) is 0 Å². The summed E-state index contributed by atoms with van der Waals surface area (Å²) < 4.78 is 11.5. The van der Waals surface area contributed by atoms with Crippen LogP contribution in [-0.2, 0) is 9.47 Å². The molecule has 2 fully saturated rings. The van der Waals surface area contributed by atoms with Gasteiger partial charge in [-0.2, -0.15) is 0 Å². The fourth-order valence-corrected chi connectivity index (χ4v) is 2.90. The lowest BCUT2D eigenvalue weighted by Gasteiger charge is -2.37. The van der Waals surface area contributed by atoms with E-state index in [9.17, 15) is 0 Å². The first kappa shape index (κ1) is 12.3. The number of hydrogen-bond acceptors (Lipinski definition) is 4. The normalized spacial score (nSPS) is 36.0. The fourth-order valence-electron chi connectivity index (χ4n) is 2.90. The summed E-state index contributed by atoms with van der Waals surface area (Å²) in [4.78, 5) is 2.48. The minimum atomic E-state index is 0.0769. The molecule has 4 nitrogen and oxygen atoms in total. The monoisotopic (exact) mass is 228 g/mol. The average molecular weight is 228 g/mol. The predicted octanol–water partition coefficient (Wildman–Crippen LogP) is 0.605. The molecule has 2 aliphatic heterocycles. The Hall–Kier alpha value is -0.160. The van der Waals surface area contributed by atoms with Crippen LogP contribution in [-0.4, -0.2) is 56.5 Å². The maximum absolute atomic E-state index is 6.02. The van der Waals surface area contributed by atoms with Gasteiger partial charge in [-0.15, -0.1) is 0 Å². The van der Waals surface area contributed by atoms with Crippen LogP contribution < -0.4 is 5.73 Å². The van der Waals surface area contributed by atoms with E-state index in [4.69, 9.17) is 15.2 Å². The van der Waals surface area contributed by atoms with Gasteiger partial charge in [0.25, 0.3) is 0 Å². The van der Waals surface area contributed by atoms with Crippen molar-refractivity contribution >= 4 is 0 Å². The van der Waals surface area contributed by atoms with E-state index < -0.39 is 0 Å². The molecule has 1 spiro atoms. The van der Waals surface area contributed by atoms with E-state index in [1.54, 1.807) is 0 Å². The van der Waals surface area contributed by atoms with Crippen LogP contribution in [0.15, 0.2) is 0 Å². The Labute approximate surface area is 98.1 Å². The second kappa shape index (κ2) is 5.45. The molecular formula is C12H24N2O2. The van der Waals surface area contributed by atoms with Gasteiger partial charge in [0.15, 0.2) is 0 Å². The molecular weight excluding hydrogens is 204 g/mol. The SMILES string of the molecule is CO[C@@H]1CCO[C@@]2(CCN(CCCN)C2)C1. The fraction of sp³-hybridized carbons (Fsp3) is 1.00. The molecule has 0 aliphatic carbocycles. The zero-order valence-corrected chi connectivity index (χ0v) is 10.3. The second-order valence-electron chi connectivity index (χ2n) is 5.05. The molecule has 4 heteroatoms. The van der Waals surface area contributed by atoms with Gasteiger partial charge in [0.05, 0.1) is 11.7 Å². The summed E-state index contributed by atoms with van der Waals surface area (Å²) in [6, 6.07) is 0. The molecule has 16 heavy (non-hydrogen) atoms. The third-order valence-corrected chi connectivity index (χ3v) is 3.85. The van der Waals surface area contributed by atoms with Crippen molar-refractivity contribution in [3.05, 3.63) is 0 Å². The Morgan fingerprint density at radius 1 is 1.56 bits per heavy atom. The van der Waals surface area contributed by atoms with Crippen LogP contribution in [0.3, 0.4) is 0 Å². The van der Waals surface area contributed by atoms with Crippen molar-refractivity contribution in [2.75, 3.05) is 39.9 Å². The Kier molecular flexibility index (Phi) is 4.19. The van der Waals surface area contributed by atoms with Gasteiger partial charge in [0, 0.05) is 33.2 Å². The highest BCUT2D eigenvalue weighted by molar-refractivity contribution is 4.95. The van der Waals surface area contributed by atoms with Crippen LogP contribution in [0.2, 0.25) is 0 Å². The van der Waals surface area contributed by atoms with Crippen molar-refractivity contribution in [1.82, 2.24) is 4.90 Å². The van der Waals surface area contributed by atoms with Gasteiger partial charge in [-0.05, 0) is 32.4 Å². The molecule has 2 rings (SSSR count). The first-order valence-corrected chi connectivity index (χ1v) is 6.37. The number of hydrogen-bond donors (Lipinski definition) is 1. The Bertz CT molecular complexity index is 225. The van der Waals surface area contributed by atoms with Crippen LogP contribution >= 0.6 is 0 Å². The zero-order valence-electron chi connectivity index (χ0n) is 10.3. The highest BCUT2D eigenvalue weighted by atomic mass is 16.5. The molecule has 2 saturated heterocycles. The molecule has 2 aliphatic rings. The summed E-state index contributed by atoms with van der Waals surface area (Å²) in [5.74, 6) is 0. The lowest BCUT2D eigenvalue weighted by Crippen LogP contribution is -2.44. The molecule has 2 heterocycles. The van der Waals surface area contributed by atoms with Gasteiger partial charge < -0.3 is 20.1 Å². The summed E-state index contributed by atoms with van der Waals surface area (Å²) in [6.45, 7) is 4.96. The number of nitrogens with two attached hydrogens (primary N) is 1. The summed E-state index contributed by atoms with van der Waals surface area (Å²) >= 11 is 0. The van der Waals surface area contributed by atoms with E-state index in [0.29, 0.717) is 6.10 Å². The predicted molar refractivity (Wildman–Crippen MR) is 63.4 cm³/mol. The number of methoxy groups -OCH3 is 1. The van der Waals surface area contributed by atoms with Crippen molar-refractivity contribution in [1.29, 1.82) is 0 Å². The maximum atomic E-state index is 6.02. The lowest BCUT2D eigenvalue weighted by atomic mass is 9.91. The smallest absolute Gasteiger partial charge is 0.0845 e. The minimum absolute atomic E-state index is 0.0769. The van der Waals surface area contributed by atoms with Crippen molar-refractivity contribution in [2.24, 2.45) is 5.73 Å². The van der Waals surface area contributed by atoms with E-state index >= 15 is 0 Å². The largest absolute Gasteiger partial charge is 0.381 e. The molecule has 0 unspecified atom stereocenters. The van der Waals surface area contributed by atoms with Gasteiger partial charge in [-0.1, -0.05) is 0 Å². The molecule has 0 amide bonds. The van der Waals surface area contributed by atoms with E-state index in [1.807, 2.05) is 7.11 Å². The zero-order chi connectivity index (χ0) is 11.4. The van der Waals surface area contributed by atoms with Gasteiger partial charge in [-0.3, -0.25) is 0 Å². The van der Waals surface area contributed by atoms with Crippen LogP contribution in [0.25, 0.3) is 0 Å². The molecule has 0 saturated carbocycles. The third kappa shape index (κ3) is 2.74. The number of rotatable bonds is 4. The second-order valence-corrected chi connectivity index (χ2v) is 5.05. The van der Waals surface area contributed by atoms with Gasteiger partial charge in [-0.25, -0.2) is 0 Å². The quantitative estimate of drug-likeness (QED) is 0.765. The standard InChI is InChI=1S/C12H24N2O2/c1-15-11-3-8-16-12(9-11)4-7-14(10-12)6-2-5-13/h11H,2-10,13H2,1H3/t11-,12+/m1/s1. The molecule has 0 aromatic carbocycles. The van der Waals surface area contributed by atoms with Gasteiger partial charge >= 0.3 is 0 Å². The van der Waals surface area contributed by atoms with Crippen molar-refractivity contribution in [2.45, 2.75) is 37.4 Å². The Balaban J connectivity index is 1.85. The molecule has 0 radical (unpaired) electrons. The molecule has 94 valence electrons. The summed E-state index contributed by atoms with van der Waals surface area (Å²) in [6.07, 6.45) is 4.73. The molecule has 0 bridgehead atoms. The lowest BCUT2D eigenvalue weighted by molar-refractivity contribution is -0.119. The van der Waals surface area contributed by atoms with Crippen LogP contribution in [0.1, 0.15) is 25.7 Å². The van der Waals surface area contributed by atoms with Crippen LogP contribution in [0.5, 0.6) is 0 Å². The summed E-state index contributed by atoms with van der Waals surface area (Å²) in [5.41, 5.74) is 5.62. The maximum Gasteiger partial charge on any atom is 0.0845 e. The number of nitrogens with zero attached hydrogens (tertiary/aromatic N) is 1. The molecule has 2 N–H and O–H groups in total. The van der Waals surface area contributed by atoms with E-state index in [2.05, 4.69) is 4.90 Å². The van der Waals surface area contributed by atoms with E-state index in [-0.39, 0.29) is 5.60 Å². The summed E-state index contributed by atoms with van der Waals surface area (Å²) in [5, 5.41) is 0. The minimum Gasteiger partial charge on any atom is -0.381 e. The number of ether oxygens (including phenoxy) is 2. The number of likely N-dealkylation sites (tertiary alicyclic amines) is 1. The first-order valence-electron chi connectivity index (χ1n) is 6.37. The molecule has 2 atom stereocenters. The topological polar surface area (TPSA) is 47.7 Å². The van der Waals surface area contributed by atoms with Crippen molar-refractivity contribution in [3.63, 3.8) is 0 Å². The van der Waals surface area contributed by atoms with Gasteiger partial charge in [0.1, 0.15) is 0 Å². The van der Waals surface area contributed by atoms with Crippen molar-refractivity contribution in [3.8, 4) is 0 Å². The van der Waals surface area contributed by atoms with E-state index in [1.165, 1.54) is 0 Å². The van der Waals surface area contributed by atoms with Gasteiger partial charge in [0.2, 0.25) is 0 Å². The highest BCUT2D eigenvalue weighted by Crippen LogP contribution is 2.34. The molecule has 0 aromatic heterocycles. The van der Waals surface area contributed by atoms with Crippen molar-refractivity contribution < 1.29 is 9.47 Å². The Morgan fingerprint density at radius 3 is 3.19 bits per heavy atom. The third-order valence-electron chi connectivity index (χ3n) is 3.85. The average Bonchev–Trinajstić information content (AvgIpc) is 2.69. The van der Waals surface area contributed by atoms with Crippen LogP contribution in [0, 0.1) is 0 Å².